The Labute approximate surface area is 271 Å². The number of hydrogen-bond acceptors (Lipinski definition) is 7. The van der Waals surface area contributed by atoms with Crippen molar-refractivity contribution in [2.75, 3.05) is 32.7 Å². The molecule has 3 aromatic carbocycles. The van der Waals surface area contributed by atoms with Gasteiger partial charge in [0.15, 0.2) is 4.80 Å². The van der Waals surface area contributed by atoms with Crippen LogP contribution in [0.2, 0.25) is 0 Å². The molecule has 0 saturated heterocycles. The number of hydrogen-bond donors (Lipinski definition) is 0. The maximum absolute atomic E-state index is 14.3. The van der Waals surface area contributed by atoms with Crippen molar-refractivity contribution in [1.29, 1.82) is 0 Å². The summed E-state index contributed by atoms with van der Waals surface area (Å²) in [7, 11) is 5.64. The Morgan fingerprint density at radius 3 is 2.33 bits per heavy atom. The van der Waals surface area contributed by atoms with E-state index in [2.05, 4.69) is 53.6 Å². The average molecular weight is 633 g/mol. The molecule has 1 aliphatic rings. The molecule has 8 nitrogen and oxygen atoms in total. The lowest BCUT2D eigenvalue weighted by molar-refractivity contribution is -0.138. The Kier molecular flexibility index (Phi) is 8.51. The predicted molar refractivity (Wildman–Crippen MR) is 184 cm³/mol. The molecule has 0 unspecified atom stereocenters. The van der Waals surface area contributed by atoms with Crippen molar-refractivity contribution in [1.82, 2.24) is 9.13 Å². The van der Waals surface area contributed by atoms with Gasteiger partial charge in [-0.3, -0.25) is 9.36 Å². The van der Waals surface area contributed by atoms with Gasteiger partial charge in [-0.25, -0.2) is 9.79 Å². The van der Waals surface area contributed by atoms with Crippen LogP contribution in [0.15, 0.2) is 100 Å². The maximum Gasteiger partial charge on any atom is 0.338 e. The smallest absolute Gasteiger partial charge is 0.338 e. The van der Waals surface area contributed by atoms with Crippen LogP contribution in [-0.4, -0.2) is 42.9 Å². The second kappa shape index (κ2) is 12.7. The van der Waals surface area contributed by atoms with Crippen LogP contribution in [0.3, 0.4) is 0 Å². The minimum absolute atomic E-state index is 0.192. The molecule has 0 fully saturated rings. The number of anilines is 1. The first-order chi connectivity index (χ1) is 22.2. The van der Waals surface area contributed by atoms with Crippen LogP contribution in [0.5, 0.6) is 5.75 Å². The maximum atomic E-state index is 14.3. The van der Waals surface area contributed by atoms with Gasteiger partial charge < -0.3 is 18.9 Å². The second-order valence-corrected chi connectivity index (χ2v) is 12.3. The number of nitrogens with zero attached hydrogens (tertiary/aromatic N) is 4. The molecule has 0 saturated carbocycles. The van der Waals surface area contributed by atoms with E-state index in [0.29, 0.717) is 26.4 Å². The van der Waals surface area contributed by atoms with Crippen LogP contribution in [-0.2, 0) is 9.53 Å². The number of aryl methyl sites for hydroxylation is 1. The van der Waals surface area contributed by atoms with Crippen LogP contribution in [0.25, 0.3) is 17.5 Å². The van der Waals surface area contributed by atoms with Gasteiger partial charge in [0.25, 0.3) is 5.56 Å². The minimum atomic E-state index is -0.749. The second-order valence-electron chi connectivity index (χ2n) is 11.3. The average Bonchev–Trinajstić information content (AvgIpc) is 3.53. The number of thiazole rings is 1. The minimum Gasteiger partial charge on any atom is -0.497 e. The molecule has 0 bridgehead atoms. The number of aromatic nitrogens is 2. The number of rotatable bonds is 8. The lowest BCUT2D eigenvalue weighted by atomic mass is 9.93. The summed E-state index contributed by atoms with van der Waals surface area (Å²) < 4.78 is 15.3. The van der Waals surface area contributed by atoms with Gasteiger partial charge in [0.2, 0.25) is 0 Å². The van der Waals surface area contributed by atoms with E-state index in [1.54, 1.807) is 18.6 Å². The molecule has 1 aliphatic heterocycles. The van der Waals surface area contributed by atoms with E-state index in [4.69, 9.17) is 14.5 Å². The first-order valence-electron chi connectivity index (χ1n) is 15.1. The summed E-state index contributed by atoms with van der Waals surface area (Å²) in [6, 6.07) is 26.7. The summed E-state index contributed by atoms with van der Waals surface area (Å²) in [6.07, 6.45) is 1.93. The number of esters is 1. The lowest BCUT2D eigenvalue weighted by Crippen LogP contribution is -2.40. The van der Waals surface area contributed by atoms with Gasteiger partial charge in [-0.05, 0) is 80.4 Å². The van der Waals surface area contributed by atoms with Crippen molar-refractivity contribution < 1.29 is 14.3 Å². The van der Waals surface area contributed by atoms with Gasteiger partial charge in [0.1, 0.15) is 5.75 Å². The Morgan fingerprint density at radius 2 is 1.70 bits per heavy atom. The van der Waals surface area contributed by atoms with Gasteiger partial charge >= 0.3 is 5.97 Å². The van der Waals surface area contributed by atoms with E-state index >= 15 is 0 Å². The molecule has 5 aromatic rings. The largest absolute Gasteiger partial charge is 0.497 e. The quantitative estimate of drug-likeness (QED) is 0.214. The molecule has 46 heavy (non-hydrogen) atoms. The third-order valence-electron chi connectivity index (χ3n) is 8.19. The third kappa shape index (κ3) is 5.58. The summed E-state index contributed by atoms with van der Waals surface area (Å²) in [5.41, 5.74) is 7.29. The first-order valence-corrected chi connectivity index (χ1v) is 15.9. The van der Waals surface area contributed by atoms with Crippen LogP contribution in [0.1, 0.15) is 41.0 Å². The molecule has 234 valence electrons. The fourth-order valence-corrected chi connectivity index (χ4v) is 6.91. The molecule has 1 atom stereocenters. The standard InChI is InChI=1S/C37H36N4O4S/c1-7-45-36(43)32-33(25-11-9-8-10-12-25)38-37-41(34(32)26-13-19-30(44-6)20-14-26)35(42)31(46-37)22-27-21-23(2)40(24(27)3)29-17-15-28(16-18-29)39(4)5/h8-22,34H,7H2,1-6H3/b31-22+/t34-/m1/s1. The highest BCUT2D eigenvalue weighted by atomic mass is 32.1. The molecule has 2 aromatic heterocycles. The number of methoxy groups -OCH3 is 1. The van der Waals surface area contributed by atoms with Gasteiger partial charge in [0, 0.05) is 42.4 Å². The van der Waals surface area contributed by atoms with Crippen molar-refractivity contribution in [2.24, 2.45) is 4.99 Å². The third-order valence-corrected chi connectivity index (χ3v) is 9.17. The number of carbonyl (C=O) groups is 1. The molecular formula is C37H36N4O4S. The van der Waals surface area contributed by atoms with Crippen molar-refractivity contribution >= 4 is 34.8 Å². The van der Waals surface area contributed by atoms with Gasteiger partial charge in [-0.15, -0.1) is 0 Å². The molecule has 3 heterocycles. The zero-order valence-electron chi connectivity index (χ0n) is 26.8. The molecule has 0 N–H and O–H groups in total. The number of benzene rings is 3. The Bertz CT molecular complexity index is 2120. The molecule has 9 heteroatoms. The van der Waals surface area contributed by atoms with Gasteiger partial charge in [-0.1, -0.05) is 53.8 Å². The van der Waals surface area contributed by atoms with E-state index in [1.807, 2.05) is 74.8 Å². The number of carbonyl (C=O) groups excluding carboxylic acids is 1. The Hall–Kier alpha value is -5.15. The van der Waals surface area contributed by atoms with Crippen molar-refractivity contribution in [3.05, 3.63) is 138 Å². The van der Waals surface area contributed by atoms with Gasteiger partial charge in [-0.2, -0.15) is 0 Å². The zero-order chi connectivity index (χ0) is 32.5. The topological polar surface area (TPSA) is 78.1 Å². The summed E-state index contributed by atoms with van der Waals surface area (Å²) in [5, 5.41) is 0. The fourth-order valence-electron chi connectivity index (χ4n) is 5.91. The summed E-state index contributed by atoms with van der Waals surface area (Å²) >= 11 is 1.32. The molecule has 0 spiro atoms. The predicted octanol–water partition coefficient (Wildman–Crippen LogP) is 5.42. The Morgan fingerprint density at radius 1 is 1.00 bits per heavy atom. The fraction of sp³-hybridized carbons (Fsp3) is 0.216. The van der Waals surface area contributed by atoms with Crippen molar-refractivity contribution in [2.45, 2.75) is 26.8 Å². The molecular weight excluding hydrogens is 596 g/mol. The monoisotopic (exact) mass is 632 g/mol. The van der Waals surface area contributed by atoms with E-state index in [1.165, 1.54) is 11.3 Å². The first kappa shape index (κ1) is 30.9. The normalized spacial score (nSPS) is 14.6. The summed E-state index contributed by atoms with van der Waals surface area (Å²) in [6.45, 7) is 6.08. The Balaban J connectivity index is 1.56. The van der Waals surface area contributed by atoms with Crippen LogP contribution < -0.4 is 24.5 Å². The van der Waals surface area contributed by atoms with Crippen LogP contribution in [0, 0.1) is 13.8 Å². The van der Waals surface area contributed by atoms with Gasteiger partial charge in [0.05, 0.1) is 35.6 Å². The SMILES string of the molecule is CCOC(=O)C1=C(c2ccccc2)N=c2s/c(=C/c3cc(C)n(-c4ccc(N(C)C)cc4)c3C)c(=O)n2[C@@H]1c1ccc(OC)cc1. The molecule has 0 radical (unpaired) electrons. The van der Waals surface area contributed by atoms with Crippen molar-refractivity contribution in [3.8, 4) is 11.4 Å². The highest BCUT2D eigenvalue weighted by Crippen LogP contribution is 2.35. The number of fused-ring (bicyclic) bond motifs is 1. The van der Waals surface area contributed by atoms with E-state index in [9.17, 15) is 9.59 Å². The number of ether oxygens (including phenoxy) is 2. The molecule has 0 amide bonds. The van der Waals surface area contributed by atoms with Crippen LogP contribution >= 0.6 is 11.3 Å². The lowest BCUT2D eigenvalue weighted by Gasteiger charge is -2.26. The summed E-state index contributed by atoms with van der Waals surface area (Å²) in [5.74, 6) is 0.164. The molecule has 6 rings (SSSR count). The summed E-state index contributed by atoms with van der Waals surface area (Å²) in [4.78, 5) is 35.6. The zero-order valence-corrected chi connectivity index (χ0v) is 27.6. The highest BCUT2D eigenvalue weighted by Gasteiger charge is 2.35. The van der Waals surface area contributed by atoms with E-state index < -0.39 is 12.0 Å². The molecule has 0 aliphatic carbocycles. The van der Waals surface area contributed by atoms with Crippen LogP contribution in [0.4, 0.5) is 5.69 Å². The van der Waals surface area contributed by atoms with Crippen molar-refractivity contribution in [3.63, 3.8) is 0 Å². The van der Waals surface area contributed by atoms with E-state index in [0.717, 1.165) is 39.5 Å². The highest BCUT2D eigenvalue weighted by molar-refractivity contribution is 7.07. The van der Waals surface area contributed by atoms with E-state index in [-0.39, 0.29) is 12.2 Å².